The van der Waals surface area contributed by atoms with E-state index in [1.54, 1.807) is 6.26 Å². The lowest BCUT2D eigenvalue weighted by Crippen LogP contribution is -2.43. The van der Waals surface area contributed by atoms with Crippen molar-refractivity contribution in [1.29, 1.82) is 0 Å². The van der Waals surface area contributed by atoms with E-state index in [1.807, 2.05) is 12.1 Å². The lowest BCUT2D eigenvalue weighted by Gasteiger charge is -2.25. The summed E-state index contributed by atoms with van der Waals surface area (Å²) < 4.78 is 5.41. The first-order valence-corrected chi connectivity index (χ1v) is 9.16. The molecule has 2 saturated heterocycles. The Labute approximate surface area is 139 Å². The van der Waals surface area contributed by atoms with Crippen LogP contribution in [-0.2, 0) is 6.42 Å². The highest BCUT2D eigenvalue weighted by atomic mass is 16.3. The first-order chi connectivity index (χ1) is 11.4. The monoisotopic (exact) mass is 318 g/mol. The van der Waals surface area contributed by atoms with Crippen molar-refractivity contribution in [1.82, 2.24) is 15.1 Å². The van der Waals surface area contributed by atoms with Crippen LogP contribution in [0, 0.1) is 0 Å². The van der Waals surface area contributed by atoms with Crippen LogP contribution in [0.15, 0.2) is 27.8 Å². The summed E-state index contributed by atoms with van der Waals surface area (Å²) in [5.41, 5.74) is 0. The summed E-state index contributed by atoms with van der Waals surface area (Å²) in [7, 11) is 0. The normalized spacial score (nSPS) is 22.9. The molecule has 0 aromatic carbocycles. The molecule has 0 radical (unpaired) electrons. The minimum atomic E-state index is 0.719. The Bertz CT molecular complexity index is 479. The standard InChI is InChI=1S/C18H30N4O/c1-2-9-19-18(20-10-7-17-6-5-14-23-17)22-13-8-16(15-22)21-11-3-4-12-21/h5-6,14,16H,2-4,7-13,15H2,1H3,(H,19,20). The predicted octanol–water partition coefficient (Wildman–Crippen LogP) is 2.35. The molecule has 3 heterocycles. The Morgan fingerprint density at radius 1 is 1.35 bits per heavy atom. The maximum Gasteiger partial charge on any atom is 0.193 e. The molecule has 3 rings (SSSR count). The van der Waals surface area contributed by atoms with Crippen molar-refractivity contribution in [2.45, 2.75) is 45.1 Å². The number of likely N-dealkylation sites (tertiary alicyclic amines) is 2. The summed E-state index contributed by atoms with van der Waals surface area (Å²) >= 11 is 0. The third-order valence-electron chi connectivity index (χ3n) is 4.84. The molecule has 128 valence electrons. The third kappa shape index (κ3) is 4.50. The number of nitrogens with zero attached hydrogens (tertiary/aromatic N) is 3. The highest BCUT2D eigenvalue weighted by Crippen LogP contribution is 2.20. The number of guanidine groups is 1. The highest BCUT2D eigenvalue weighted by Gasteiger charge is 2.30. The van der Waals surface area contributed by atoms with Gasteiger partial charge < -0.3 is 14.6 Å². The van der Waals surface area contributed by atoms with Gasteiger partial charge in [-0.2, -0.15) is 0 Å². The molecule has 5 heteroatoms. The van der Waals surface area contributed by atoms with Crippen LogP contribution >= 0.6 is 0 Å². The molecule has 1 aromatic heterocycles. The zero-order chi connectivity index (χ0) is 15.9. The first-order valence-electron chi connectivity index (χ1n) is 9.16. The molecule has 0 spiro atoms. The predicted molar refractivity (Wildman–Crippen MR) is 93.8 cm³/mol. The molecule has 0 bridgehead atoms. The molecular weight excluding hydrogens is 288 g/mol. The molecule has 0 saturated carbocycles. The minimum Gasteiger partial charge on any atom is -0.469 e. The van der Waals surface area contributed by atoms with Gasteiger partial charge in [0.25, 0.3) is 0 Å². The Hall–Kier alpha value is -1.49. The fraction of sp³-hybridized carbons (Fsp3) is 0.722. The Morgan fingerprint density at radius 2 is 2.22 bits per heavy atom. The van der Waals surface area contributed by atoms with E-state index in [0.717, 1.165) is 56.8 Å². The van der Waals surface area contributed by atoms with Crippen molar-refractivity contribution in [2.24, 2.45) is 4.99 Å². The van der Waals surface area contributed by atoms with Gasteiger partial charge in [-0.3, -0.25) is 9.89 Å². The lowest BCUT2D eigenvalue weighted by atomic mass is 10.2. The smallest absolute Gasteiger partial charge is 0.193 e. The van der Waals surface area contributed by atoms with E-state index in [-0.39, 0.29) is 0 Å². The zero-order valence-electron chi connectivity index (χ0n) is 14.3. The molecule has 0 aliphatic carbocycles. The highest BCUT2D eigenvalue weighted by molar-refractivity contribution is 5.80. The fourth-order valence-electron chi connectivity index (χ4n) is 3.58. The number of hydrogen-bond donors (Lipinski definition) is 1. The van der Waals surface area contributed by atoms with Crippen molar-refractivity contribution in [3.8, 4) is 0 Å². The summed E-state index contributed by atoms with van der Waals surface area (Å²) in [6.07, 6.45) is 7.74. The van der Waals surface area contributed by atoms with E-state index in [4.69, 9.17) is 9.41 Å². The van der Waals surface area contributed by atoms with Gasteiger partial charge in [0.15, 0.2) is 5.96 Å². The Morgan fingerprint density at radius 3 is 2.96 bits per heavy atom. The number of rotatable bonds is 6. The average molecular weight is 318 g/mol. The zero-order valence-corrected chi connectivity index (χ0v) is 14.3. The molecule has 0 amide bonds. The van der Waals surface area contributed by atoms with Crippen LogP contribution in [0.4, 0.5) is 0 Å². The van der Waals surface area contributed by atoms with E-state index in [0.29, 0.717) is 0 Å². The summed E-state index contributed by atoms with van der Waals surface area (Å²) in [5, 5.41) is 3.54. The largest absolute Gasteiger partial charge is 0.469 e. The molecule has 5 nitrogen and oxygen atoms in total. The van der Waals surface area contributed by atoms with Gasteiger partial charge in [0, 0.05) is 38.6 Å². The maximum absolute atomic E-state index is 5.41. The molecule has 23 heavy (non-hydrogen) atoms. The topological polar surface area (TPSA) is 44.0 Å². The third-order valence-corrected chi connectivity index (χ3v) is 4.84. The molecule has 2 aliphatic heterocycles. The molecule has 1 aromatic rings. The van der Waals surface area contributed by atoms with E-state index in [9.17, 15) is 0 Å². The van der Waals surface area contributed by atoms with Gasteiger partial charge in [-0.25, -0.2) is 0 Å². The number of nitrogens with one attached hydrogen (secondary N) is 1. The number of aliphatic imine (C=N–C) groups is 1. The fourth-order valence-corrected chi connectivity index (χ4v) is 3.58. The van der Waals surface area contributed by atoms with Gasteiger partial charge in [0.2, 0.25) is 0 Å². The van der Waals surface area contributed by atoms with E-state index in [1.165, 1.54) is 32.4 Å². The molecular formula is C18H30N4O. The van der Waals surface area contributed by atoms with Gasteiger partial charge in [-0.1, -0.05) is 6.92 Å². The van der Waals surface area contributed by atoms with Crippen LogP contribution in [0.25, 0.3) is 0 Å². The van der Waals surface area contributed by atoms with Crippen LogP contribution in [0.5, 0.6) is 0 Å². The SMILES string of the molecule is CCCN=C(NCCc1ccco1)N1CCC(N2CCCC2)C1. The van der Waals surface area contributed by atoms with Gasteiger partial charge in [0.1, 0.15) is 5.76 Å². The average Bonchev–Trinajstić information content (AvgIpc) is 3.32. The summed E-state index contributed by atoms with van der Waals surface area (Å²) in [6, 6.07) is 4.70. The lowest BCUT2D eigenvalue weighted by molar-refractivity contribution is 0.249. The van der Waals surface area contributed by atoms with Crippen molar-refractivity contribution in [3.63, 3.8) is 0 Å². The van der Waals surface area contributed by atoms with Gasteiger partial charge in [-0.05, 0) is 50.9 Å². The van der Waals surface area contributed by atoms with Crippen molar-refractivity contribution < 1.29 is 4.42 Å². The van der Waals surface area contributed by atoms with E-state index >= 15 is 0 Å². The van der Waals surface area contributed by atoms with Gasteiger partial charge >= 0.3 is 0 Å². The summed E-state index contributed by atoms with van der Waals surface area (Å²) in [6.45, 7) is 8.77. The molecule has 1 atom stereocenters. The number of hydrogen-bond acceptors (Lipinski definition) is 3. The quantitative estimate of drug-likeness (QED) is 0.646. The molecule has 2 aliphatic rings. The molecule has 2 fully saturated rings. The molecule has 1 unspecified atom stereocenters. The van der Waals surface area contributed by atoms with Gasteiger partial charge in [-0.15, -0.1) is 0 Å². The molecule has 1 N–H and O–H groups in total. The van der Waals surface area contributed by atoms with Crippen LogP contribution in [0.2, 0.25) is 0 Å². The second-order valence-electron chi connectivity index (χ2n) is 6.59. The van der Waals surface area contributed by atoms with Crippen LogP contribution in [0.1, 0.15) is 38.4 Å². The van der Waals surface area contributed by atoms with Crippen LogP contribution in [0.3, 0.4) is 0 Å². The summed E-state index contributed by atoms with van der Waals surface area (Å²) in [5.74, 6) is 2.11. The van der Waals surface area contributed by atoms with Crippen molar-refractivity contribution in [3.05, 3.63) is 24.2 Å². The second-order valence-corrected chi connectivity index (χ2v) is 6.59. The van der Waals surface area contributed by atoms with Crippen LogP contribution in [-0.4, -0.2) is 61.1 Å². The minimum absolute atomic E-state index is 0.719. The second kappa shape index (κ2) is 8.39. The number of furan rings is 1. The van der Waals surface area contributed by atoms with Crippen molar-refractivity contribution in [2.75, 3.05) is 39.3 Å². The Balaban J connectivity index is 1.51. The van der Waals surface area contributed by atoms with E-state index in [2.05, 4.69) is 22.0 Å². The van der Waals surface area contributed by atoms with E-state index < -0.39 is 0 Å². The first kappa shape index (κ1) is 16.4. The van der Waals surface area contributed by atoms with Crippen LogP contribution < -0.4 is 5.32 Å². The Kier molecular flexibility index (Phi) is 5.97. The maximum atomic E-state index is 5.41. The van der Waals surface area contributed by atoms with Crippen molar-refractivity contribution >= 4 is 5.96 Å². The summed E-state index contributed by atoms with van der Waals surface area (Å²) in [4.78, 5) is 9.90. The van der Waals surface area contributed by atoms with Gasteiger partial charge in [0.05, 0.1) is 6.26 Å².